The molecule has 1 aromatic rings. The van der Waals surface area contributed by atoms with Crippen molar-refractivity contribution in [1.82, 2.24) is 0 Å². The maximum absolute atomic E-state index is 10.6. The fourth-order valence-electron chi connectivity index (χ4n) is 0.977. The van der Waals surface area contributed by atoms with Crippen molar-refractivity contribution in [2.45, 2.75) is 4.90 Å². The van der Waals surface area contributed by atoms with Crippen LogP contribution in [0.25, 0.3) is 6.08 Å². The molecule has 0 N–H and O–H groups in total. The molecule has 0 spiro atoms. The first-order chi connectivity index (χ1) is 6.19. The van der Waals surface area contributed by atoms with E-state index in [0.717, 1.165) is 5.56 Å². The predicted molar refractivity (Wildman–Crippen MR) is 55.0 cm³/mol. The second kappa shape index (κ2) is 4.09. The van der Waals surface area contributed by atoms with Gasteiger partial charge in [-0.05, 0) is 17.9 Å². The molecule has 0 saturated carbocycles. The van der Waals surface area contributed by atoms with E-state index in [1.165, 1.54) is 17.8 Å². The summed E-state index contributed by atoms with van der Waals surface area (Å²) in [4.78, 5) is 10.9. The van der Waals surface area contributed by atoms with Crippen LogP contribution in [0.2, 0.25) is 0 Å². The molecule has 4 heteroatoms. The molecule has 68 valence electrons. The summed E-state index contributed by atoms with van der Waals surface area (Å²) < 4.78 is 0. The van der Waals surface area contributed by atoms with Crippen molar-refractivity contribution in [2.24, 2.45) is 0 Å². The molecular formula is C9H9NO2S. The molecule has 3 nitrogen and oxygen atoms in total. The highest BCUT2D eigenvalue weighted by molar-refractivity contribution is 7.98. The van der Waals surface area contributed by atoms with E-state index in [4.69, 9.17) is 0 Å². The number of benzene rings is 1. The van der Waals surface area contributed by atoms with Crippen LogP contribution in [0.1, 0.15) is 5.56 Å². The van der Waals surface area contributed by atoms with Crippen molar-refractivity contribution >= 4 is 23.5 Å². The molecule has 0 aliphatic carbocycles. The van der Waals surface area contributed by atoms with Gasteiger partial charge in [-0.1, -0.05) is 18.7 Å². The Morgan fingerprint density at radius 1 is 1.62 bits per heavy atom. The molecule has 0 atom stereocenters. The minimum Gasteiger partial charge on any atom is -0.258 e. The minimum atomic E-state index is -0.376. The Bertz CT molecular complexity index is 349. The Morgan fingerprint density at radius 3 is 2.77 bits per heavy atom. The van der Waals surface area contributed by atoms with E-state index in [1.54, 1.807) is 12.1 Å². The van der Waals surface area contributed by atoms with Gasteiger partial charge in [-0.3, -0.25) is 10.1 Å². The Labute approximate surface area is 80.6 Å². The van der Waals surface area contributed by atoms with Crippen molar-refractivity contribution in [1.29, 1.82) is 0 Å². The van der Waals surface area contributed by atoms with Gasteiger partial charge in [-0.2, -0.15) is 0 Å². The van der Waals surface area contributed by atoms with Crippen LogP contribution < -0.4 is 0 Å². The van der Waals surface area contributed by atoms with E-state index in [9.17, 15) is 10.1 Å². The quantitative estimate of drug-likeness (QED) is 0.423. The summed E-state index contributed by atoms with van der Waals surface area (Å²) in [6, 6.07) is 5.07. The number of nitrogens with zero attached hydrogens (tertiary/aromatic N) is 1. The Kier molecular flexibility index (Phi) is 3.08. The number of rotatable bonds is 3. The Hall–Kier alpha value is -1.29. The number of nitro benzene ring substituents is 1. The van der Waals surface area contributed by atoms with E-state index < -0.39 is 0 Å². The zero-order valence-corrected chi connectivity index (χ0v) is 8.00. The summed E-state index contributed by atoms with van der Waals surface area (Å²) in [7, 11) is 0. The molecule has 0 aliphatic rings. The molecule has 0 heterocycles. The predicted octanol–water partition coefficient (Wildman–Crippen LogP) is 2.96. The molecule has 0 fully saturated rings. The summed E-state index contributed by atoms with van der Waals surface area (Å²) in [6.45, 7) is 3.56. The molecule has 0 amide bonds. The molecule has 0 unspecified atom stereocenters. The summed E-state index contributed by atoms with van der Waals surface area (Å²) in [5.74, 6) is 0. The van der Waals surface area contributed by atoms with Gasteiger partial charge in [0.2, 0.25) is 0 Å². The number of thioether (sulfide) groups is 1. The second-order valence-corrected chi connectivity index (χ2v) is 3.24. The van der Waals surface area contributed by atoms with Crippen molar-refractivity contribution in [3.05, 3.63) is 40.5 Å². The zero-order chi connectivity index (χ0) is 9.84. The van der Waals surface area contributed by atoms with Gasteiger partial charge in [-0.25, -0.2) is 0 Å². The lowest BCUT2D eigenvalue weighted by atomic mass is 10.2. The fourth-order valence-corrected chi connectivity index (χ4v) is 1.52. The van der Waals surface area contributed by atoms with Crippen LogP contribution in [-0.2, 0) is 0 Å². The monoisotopic (exact) mass is 195 g/mol. The van der Waals surface area contributed by atoms with Gasteiger partial charge >= 0.3 is 0 Å². The average Bonchev–Trinajstić information content (AvgIpc) is 2.16. The standard InChI is InChI=1S/C9H9NO2S/c1-3-7-4-5-9(13-2)8(6-7)10(11)12/h3-6H,1H2,2H3. The van der Waals surface area contributed by atoms with Gasteiger partial charge in [0, 0.05) is 6.07 Å². The smallest absolute Gasteiger partial charge is 0.258 e. The van der Waals surface area contributed by atoms with Crippen molar-refractivity contribution in [3.63, 3.8) is 0 Å². The number of hydrogen-bond acceptors (Lipinski definition) is 3. The average molecular weight is 195 g/mol. The molecule has 0 bridgehead atoms. The third-order valence-electron chi connectivity index (χ3n) is 1.64. The summed E-state index contributed by atoms with van der Waals surface area (Å²) >= 11 is 1.37. The highest BCUT2D eigenvalue weighted by atomic mass is 32.2. The molecule has 1 rings (SSSR count). The SMILES string of the molecule is C=Cc1ccc(SC)c([N+](=O)[O-])c1. The number of hydrogen-bond donors (Lipinski definition) is 0. The van der Waals surface area contributed by atoms with Crippen LogP contribution in [-0.4, -0.2) is 11.2 Å². The fraction of sp³-hybridized carbons (Fsp3) is 0.111. The lowest BCUT2D eigenvalue weighted by molar-refractivity contribution is -0.387. The van der Waals surface area contributed by atoms with E-state index in [-0.39, 0.29) is 10.6 Å². The van der Waals surface area contributed by atoms with Crippen molar-refractivity contribution in [3.8, 4) is 0 Å². The molecule has 0 aliphatic heterocycles. The maximum Gasteiger partial charge on any atom is 0.283 e. The third kappa shape index (κ3) is 2.09. The van der Waals surface area contributed by atoms with Crippen LogP contribution >= 0.6 is 11.8 Å². The van der Waals surface area contributed by atoms with Crippen LogP contribution in [0.15, 0.2) is 29.7 Å². The van der Waals surface area contributed by atoms with Gasteiger partial charge in [0.1, 0.15) is 0 Å². The van der Waals surface area contributed by atoms with E-state index in [1.807, 2.05) is 12.3 Å². The molecular weight excluding hydrogens is 186 g/mol. The van der Waals surface area contributed by atoms with Gasteiger partial charge in [0.15, 0.2) is 0 Å². The Balaban J connectivity index is 3.25. The van der Waals surface area contributed by atoms with Gasteiger partial charge in [0.05, 0.1) is 9.82 Å². The van der Waals surface area contributed by atoms with E-state index in [2.05, 4.69) is 6.58 Å². The first-order valence-electron chi connectivity index (χ1n) is 3.64. The van der Waals surface area contributed by atoms with Crippen LogP contribution in [0.4, 0.5) is 5.69 Å². The molecule has 13 heavy (non-hydrogen) atoms. The minimum absolute atomic E-state index is 0.143. The van der Waals surface area contributed by atoms with Crippen LogP contribution in [0.5, 0.6) is 0 Å². The topological polar surface area (TPSA) is 43.1 Å². The Morgan fingerprint density at radius 2 is 2.31 bits per heavy atom. The van der Waals surface area contributed by atoms with Crippen LogP contribution in [0, 0.1) is 10.1 Å². The molecule has 0 aromatic heterocycles. The van der Waals surface area contributed by atoms with Gasteiger partial charge < -0.3 is 0 Å². The largest absolute Gasteiger partial charge is 0.283 e. The normalized spacial score (nSPS) is 9.62. The molecule has 1 aromatic carbocycles. The van der Waals surface area contributed by atoms with Crippen molar-refractivity contribution in [2.75, 3.05) is 6.26 Å². The second-order valence-electron chi connectivity index (χ2n) is 2.39. The lowest BCUT2D eigenvalue weighted by Crippen LogP contribution is -1.90. The number of nitro groups is 1. The first-order valence-corrected chi connectivity index (χ1v) is 4.86. The third-order valence-corrected chi connectivity index (χ3v) is 2.42. The summed E-state index contributed by atoms with van der Waals surface area (Å²) in [5, 5.41) is 10.6. The lowest BCUT2D eigenvalue weighted by Gasteiger charge is -1.99. The van der Waals surface area contributed by atoms with E-state index in [0.29, 0.717) is 4.90 Å². The highest BCUT2D eigenvalue weighted by Gasteiger charge is 2.12. The summed E-state index contributed by atoms with van der Waals surface area (Å²) in [5.41, 5.74) is 0.911. The highest BCUT2D eigenvalue weighted by Crippen LogP contribution is 2.28. The molecule has 0 saturated heterocycles. The maximum atomic E-state index is 10.6. The zero-order valence-electron chi connectivity index (χ0n) is 7.19. The first kappa shape index (κ1) is 9.80. The summed E-state index contributed by atoms with van der Waals surface area (Å²) in [6.07, 6.45) is 3.41. The van der Waals surface area contributed by atoms with Crippen molar-refractivity contribution < 1.29 is 4.92 Å². The van der Waals surface area contributed by atoms with E-state index >= 15 is 0 Å². The van der Waals surface area contributed by atoms with Gasteiger partial charge in [-0.15, -0.1) is 11.8 Å². The molecule has 0 radical (unpaired) electrons. The van der Waals surface area contributed by atoms with Crippen LogP contribution in [0.3, 0.4) is 0 Å². The van der Waals surface area contributed by atoms with Gasteiger partial charge in [0.25, 0.3) is 5.69 Å².